The summed E-state index contributed by atoms with van der Waals surface area (Å²) < 4.78 is 5.80. The molecular weight excluding hydrogens is 300 g/mol. The minimum Gasteiger partial charge on any atom is -0.454 e. The number of para-hydroxylation sites is 1. The molecular formula is C19H16N4O. The third-order valence-electron chi connectivity index (χ3n) is 3.80. The monoisotopic (exact) mass is 316 g/mol. The largest absolute Gasteiger partial charge is 0.454 e. The lowest BCUT2D eigenvalue weighted by molar-refractivity contribution is 0.628. The van der Waals surface area contributed by atoms with E-state index in [1.807, 2.05) is 42.5 Å². The second-order valence-corrected chi connectivity index (χ2v) is 5.47. The SMILES string of the molecule is c1ccc2oc(-c3cnc(NCCc4ccncc4)cn3)cc2c1. The molecule has 0 spiro atoms. The third-order valence-corrected chi connectivity index (χ3v) is 3.80. The predicted molar refractivity (Wildman–Crippen MR) is 93.7 cm³/mol. The van der Waals surface area contributed by atoms with Gasteiger partial charge >= 0.3 is 0 Å². The lowest BCUT2D eigenvalue weighted by atomic mass is 10.2. The van der Waals surface area contributed by atoms with Crippen molar-refractivity contribution < 1.29 is 4.42 Å². The van der Waals surface area contributed by atoms with Crippen LogP contribution in [0.1, 0.15) is 5.56 Å². The predicted octanol–water partition coefficient (Wildman–Crippen LogP) is 3.94. The van der Waals surface area contributed by atoms with Gasteiger partial charge in [-0.3, -0.25) is 4.98 Å². The maximum atomic E-state index is 5.80. The molecule has 0 aliphatic rings. The average Bonchev–Trinajstić information content (AvgIpc) is 3.07. The summed E-state index contributed by atoms with van der Waals surface area (Å²) in [5.41, 5.74) is 2.82. The molecule has 1 aromatic carbocycles. The molecule has 5 nitrogen and oxygen atoms in total. The van der Waals surface area contributed by atoms with Crippen LogP contribution in [0.2, 0.25) is 0 Å². The van der Waals surface area contributed by atoms with Crippen molar-refractivity contribution in [1.29, 1.82) is 0 Å². The number of rotatable bonds is 5. The fourth-order valence-electron chi connectivity index (χ4n) is 2.54. The van der Waals surface area contributed by atoms with E-state index in [1.165, 1.54) is 5.56 Å². The second-order valence-electron chi connectivity index (χ2n) is 5.47. The molecule has 0 aliphatic carbocycles. The van der Waals surface area contributed by atoms with E-state index < -0.39 is 0 Å². The van der Waals surface area contributed by atoms with E-state index in [2.05, 4.69) is 20.3 Å². The molecule has 24 heavy (non-hydrogen) atoms. The van der Waals surface area contributed by atoms with Crippen molar-refractivity contribution >= 4 is 16.8 Å². The number of pyridine rings is 1. The maximum Gasteiger partial charge on any atom is 0.155 e. The Morgan fingerprint density at radius 2 is 1.83 bits per heavy atom. The van der Waals surface area contributed by atoms with Crippen molar-refractivity contribution in [3.05, 3.63) is 72.8 Å². The van der Waals surface area contributed by atoms with Crippen molar-refractivity contribution in [2.45, 2.75) is 6.42 Å². The molecule has 0 fully saturated rings. The lowest BCUT2D eigenvalue weighted by Gasteiger charge is -2.05. The van der Waals surface area contributed by atoms with Gasteiger partial charge in [0.05, 0.1) is 12.4 Å². The van der Waals surface area contributed by atoms with Crippen LogP contribution in [0, 0.1) is 0 Å². The van der Waals surface area contributed by atoms with Gasteiger partial charge in [-0.25, -0.2) is 9.97 Å². The number of hydrogen-bond donors (Lipinski definition) is 1. The molecule has 5 heteroatoms. The van der Waals surface area contributed by atoms with Crippen LogP contribution in [-0.4, -0.2) is 21.5 Å². The average molecular weight is 316 g/mol. The van der Waals surface area contributed by atoms with E-state index in [1.54, 1.807) is 24.8 Å². The van der Waals surface area contributed by atoms with Crippen LogP contribution in [0.3, 0.4) is 0 Å². The highest BCUT2D eigenvalue weighted by atomic mass is 16.3. The van der Waals surface area contributed by atoms with Crippen molar-refractivity contribution in [3.8, 4) is 11.5 Å². The standard InChI is InChI=1S/C19H16N4O/c1-2-4-17-15(3-1)11-18(24-17)16-12-23-19(13-22-16)21-10-7-14-5-8-20-9-6-14/h1-6,8-9,11-13H,7,10H2,(H,21,23). The van der Waals surface area contributed by atoms with Crippen LogP contribution in [-0.2, 0) is 6.42 Å². The number of nitrogens with one attached hydrogen (secondary N) is 1. The molecule has 0 saturated carbocycles. The molecule has 3 aromatic heterocycles. The van der Waals surface area contributed by atoms with Crippen LogP contribution in [0.5, 0.6) is 0 Å². The van der Waals surface area contributed by atoms with E-state index in [-0.39, 0.29) is 0 Å². The highest BCUT2D eigenvalue weighted by molar-refractivity contribution is 5.81. The van der Waals surface area contributed by atoms with Gasteiger partial charge in [0, 0.05) is 24.3 Å². The fourth-order valence-corrected chi connectivity index (χ4v) is 2.54. The number of nitrogens with zero attached hydrogens (tertiary/aromatic N) is 3. The zero-order valence-corrected chi connectivity index (χ0v) is 13.0. The highest BCUT2D eigenvalue weighted by Crippen LogP contribution is 2.26. The Morgan fingerprint density at radius 1 is 0.958 bits per heavy atom. The number of hydrogen-bond acceptors (Lipinski definition) is 5. The molecule has 0 bridgehead atoms. The van der Waals surface area contributed by atoms with Crippen molar-refractivity contribution in [2.75, 3.05) is 11.9 Å². The lowest BCUT2D eigenvalue weighted by Crippen LogP contribution is -2.06. The number of fused-ring (bicyclic) bond motifs is 1. The van der Waals surface area contributed by atoms with Gasteiger partial charge in [0.2, 0.25) is 0 Å². The number of aromatic nitrogens is 3. The zero-order chi connectivity index (χ0) is 16.2. The van der Waals surface area contributed by atoms with Gasteiger partial charge in [-0.05, 0) is 36.2 Å². The molecule has 0 unspecified atom stereocenters. The summed E-state index contributed by atoms with van der Waals surface area (Å²) in [6.07, 6.45) is 7.98. The topological polar surface area (TPSA) is 63.8 Å². The summed E-state index contributed by atoms with van der Waals surface area (Å²) in [6.45, 7) is 0.794. The first-order chi connectivity index (χ1) is 11.9. The minimum absolute atomic E-state index is 0.728. The van der Waals surface area contributed by atoms with Crippen LogP contribution in [0.25, 0.3) is 22.4 Å². The summed E-state index contributed by atoms with van der Waals surface area (Å²) in [4.78, 5) is 12.9. The molecule has 1 N–H and O–H groups in total. The van der Waals surface area contributed by atoms with Gasteiger partial charge in [-0.15, -0.1) is 0 Å². The van der Waals surface area contributed by atoms with E-state index in [0.717, 1.165) is 41.2 Å². The zero-order valence-electron chi connectivity index (χ0n) is 13.0. The Bertz CT molecular complexity index is 899. The fraction of sp³-hybridized carbons (Fsp3) is 0.105. The molecule has 0 radical (unpaired) electrons. The third kappa shape index (κ3) is 3.10. The Hall–Kier alpha value is -3.21. The van der Waals surface area contributed by atoms with Crippen LogP contribution >= 0.6 is 0 Å². The van der Waals surface area contributed by atoms with Gasteiger partial charge in [0.15, 0.2) is 5.76 Å². The first-order valence-electron chi connectivity index (χ1n) is 7.82. The van der Waals surface area contributed by atoms with Crippen LogP contribution in [0.4, 0.5) is 5.82 Å². The summed E-state index contributed by atoms with van der Waals surface area (Å²) in [5, 5.41) is 4.34. The first kappa shape index (κ1) is 14.4. The van der Waals surface area contributed by atoms with E-state index in [4.69, 9.17) is 4.42 Å². The Morgan fingerprint density at radius 3 is 2.62 bits per heavy atom. The highest BCUT2D eigenvalue weighted by Gasteiger charge is 2.07. The van der Waals surface area contributed by atoms with Crippen LogP contribution in [0.15, 0.2) is 71.7 Å². The van der Waals surface area contributed by atoms with Crippen molar-refractivity contribution in [3.63, 3.8) is 0 Å². The number of furan rings is 1. The van der Waals surface area contributed by atoms with Crippen LogP contribution < -0.4 is 5.32 Å². The summed E-state index contributed by atoms with van der Waals surface area (Å²) in [7, 11) is 0. The van der Waals surface area contributed by atoms with Gasteiger partial charge < -0.3 is 9.73 Å². The number of anilines is 1. The van der Waals surface area contributed by atoms with E-state index in [9.17, 15) is 0 Å². The van der Waals surface area contributed by atoms with Gasteiger partial charge in [-0.2, -0.15) is 0 Å². The Labute approximate surface area is 139 Å². The normalized spacial score (nSPS) is 10.8. The van der Waals surface area contributed by atoms with Gasteiger partial charge in [0.25, 0.3) is 0 Å². The summed E-state index contributed by atoms with van der Waals surface area (Å²) >= 11 is 0. The summed E-state index contributed by atoms with van der Waals surface area (Å²) in [6, 6.07) is 13.9. The summed E-state index contributed by atoms with van der Waals surface area (Å²) in [5.74, 6) is 1.48. The van der Waals surface area contributed by atoms with Crippen molar-refractivity contribution in [2.24, 2.45) is 0 Å². The van der Waals surface area contributed by atoms with E-state index in [0.29, 0.717) is 0 Å². The molecule has 0 amide bonds. The molecule has 0 saturated heterocycles. The number of benzene rings is 1. The van der Waals surface area contributed by atoms with Crippen molar-refractivity contribution in [1.82, 2.24) is 15.0 Å². The molecule has 0 atom stereocenters. The maximum absolute atomic E-state index is 5.80. The van der Waals surface area contributed by atoms with E-state index >= 15 is 0 Å². The second kappa shape index (κ2) is 6.50. The Balaban J connectivity index is 1.42. The minimum atomic E-state index is 0.728. The molecule has 0 aliphatic heterocycles. The van der Waals surface area contributed by atoms with Gasteiger partial charge in [-0.1, -0.05) is 18.2 Å². The van der Waals surface area contributed by atoms with Gasteiger partial charge in [0.1, 0.15) is 17.1 Å². The molecule has 3 heterocycles. The molecule has 4 aromatic rings. The quantitative estimate of drug-likeness (QED) is 0.604. The first-order valence-corrected chi connectivity index (χ1v) is 7.82. The molecule has 118 valence electrons. The smallest absolute Gasteiger partial charge is 0.155 e. The molecule has 4 rings (SSSR count). The Kier molecular flexibility index (Phi) is 3.90.